The van der Waals surface area contributed by atoms with Crippen molar-refractivity contribution < 1.29 is 27.6 Å². The van der Waals surface area contributed by atoms with E-state index >= 15 is 0 Å². The predicted molar refractivity (Wildman–Crippen MR) is 193 cm³/mol. The van der Waals surface area contributed by atoms with Crippen molar-refractivity contribution in [2.75, 3.05) is 50.8 Å². The molecule has 1 aromatic heterocycles. The highest BCUT2D eigenvalue weighted by Crippen LogP contribution is 2.39. The lowest BCUT2D eigenvalue weighted by molar-refractivity contribution is -0.137. The lowest BCUT2D eigenvalue weighted by atomic mass is 10.00. The van der Waals surface area contributed by atoms with Gasteiger partial charge in [-0.1, -0.05) is 41.9 Å². The summed E-state index contributed by atoms with van der Waals surface area (Å²) >= 11 is 6.23. The summed E-state index contributed by atoms with van der Waals surface area (Å²) in [5, 5.41) is 7.30. The fourth-order valence-electron chi connectivity index (χ4n) is 7.68. The number of rotatable bonds is 7. The molecule has 11 nitrogen and oxygen atoms in total. The number of hydrogen-bond donors (Lipinski definition) is 3. The quantitative estimate of drug-likeness (QED) is 0.174. The molecule has 2 fully saturated rings. The summed E-state index contributed by atoms with van der Waals surface area (Å²) in [5.41, 5.74) is 7.89. The van der Waals surface area contributed by atoms with E-state index in [1.165, 1.54) is 6.07 Å². The van der Waals surface area contributed by atoms with Crippen molar-refractivity contribution in [3.63, 3.8) is 0 Å². The van der Waals surface area contributed by atoms with Gasteiger partial charge in [-0.3, -0.25) is 0 Å². The first-order valence-electron chi connectivity index (χ1n) is 17.6. The molecule has 3 amide bonds. The van der Waals surface area contributed by atoms with Gasteiger partial charge in [0.15, 0.2) is 0 Å². The number of aromatic nitrogens is 2. The lowest BCUT2D eigenvalue weighted by Gasteiger charge is -2.37. The van der Waals surface area contributed by atoms with Gasteiger partial charge in [-0.15, -0.1) is 5.06 Å². The summed E-state index contributed by atoms with van der Waals surface area (Å²) in [6.45, 7) is 3.11. The first-order chi connectivity index (χ1) is 24.9. The summed E-state index contributed by atoms with van der Waals surface area (Å²) < 4.78 is 44.1. The average molecular weight is 739 g/mol. The number of likely N-dealkylation sites (tertiary alicyclic amines) is 1. The number of hydroxylamine groups is 2. The highest BCUT2D eigenvalue weighted by Gasteiger charge is 2.36. The molecule has 0 saturated carbocycles. The molecule has 3 aromatic carbocycles. The monoisotopic (exact) mass is 738 g/mol. The Kier molecular flexibility index (Phi) is 10.2. The van der Waals surface area contributed by atoms with Crippen molar-refractivity contribution in [1.82, 2.24) is 29.7 Å². The molecule has 0 aliphatic carbocycles. The Hall–Kier alpha value is -4.53. The van der Waals surface area contributed by atoms with Crippen LogP contribution in [0.25, 0.3) is 11.0 Å². The van der Waals surface area contributed by atoms with Gasteiger partial charge in [-0.2, -0.15) is 13.2 Å². The number of nitrogens with one attached hydrogen (secondary N) is 2. The summed E-state index contributed by atoms with van der Waals surface area (Å²) in [7, 11) is 2.07. The van der Waals surface area contributed by atoms with Crippen molar-refractivity contribution in [1.29, 1.82) is 0 Å². The topological polar surface area (TPSA) is 121 Å². The number of nitrogen functional groups attached to an aromatic ring is 1. The van der Waals surface area contributed by atoms with Gasteiger partial charge in [0.25, 0.3) is 0 Å². The number of urea groups is 1. The molecule has 1 unspecified atom stereocenters. The Balaban J connectivity index is 1.11. The highest BCUT2D eigenvalue weighted by molar-refractivity contribution is 6.33. The molecular formula is C37H42ClF3N8O3. The fraction of sp³-hybridized carbons (Fsp3) is 0.432. The number of para-hydroxylation sites is 3. The molecule has 4 heterocycles. The number of benzene rings is 3. The summed E-state index contributed by atoms with van der Waals surface area (Å²) in [6.07, 6.45) is -1.94. The zero-order chi connectivity index (χ0) is 36.6. The van der Waals surface area contributed by atoms with Gasteiger partial charge in [0.2, 0.25) is 0 Å². The Morgan fingerprint density at radius 3 is 2.46 bits per heavy atom. The second-order valence-electron chi connectivity index (χ2n) is 13.9. The van der Waals surface area contributed by atoms with Crippen LogP contribution in [0.3, 0.4) is 0 Å². The lowest BCUT2D eigenvalue weighted by Crippen LogP contribution is -2.49. The van der Waals surface area contributed by atoms with E-state index in [1.54, 1.807) is 5.06 Å². The van der Waals surface area contributed by atoms with E-state index in [9.17, 15) is 22.8 Å². The molecule has 276 valence electrons. The molecule has 7 rings (SSSR count). The third kappa shape index (κ3) is 7.64. The standard InChI is InChI=1S/C37H42ClF3N8O3/c1-46-15-11-26(12-16-46)49-32-9-5-4-8-30(32)43-34(49)31(22-23-20-27(37(39,40)41)33(42)28(38)21-23)45-36(51)52-47-17-13-25(14-18-47)48-19-10-24-6-2-3-7-29(24)44-35(48)50/h2-9,20-21,25-26,31H,10-19,22,42H2,1H3,(H,44,50)(H,45,51). The van der Waals surface area contributed by atoms with E-state index in [0.717, 1.165) is 55.2 Å². The number of piperidine rings is 2. The normalized spacial score (nSPS) is 18.9. The third-order valence-electron chi connectivity index (χ3n) is 10.4. The number of hydrogen-bond acceptors (Lipinski definition) is 7. The Morgan fingerprint density at radius 2 is 1.71 bits per heavy atom. The molecule has 4 aromatic rings. The van der Waals surface area contributed by atoms with Crippen LogP contribution in [0.5, 0.6) is 0 Å². The van der Waals surface area contributed by atoms with E-state index in [-0.39, 0.29) is 35.1 Å². The molecule has 0 bridgehead atoms. The molecule has 0 spiro atoms. The van der Waals surface area contributed by atoms with Crippen LogP contribution in [-0.4, -0.2) is 82.4 Å². The number of fused-ring (bicyclic) bond motifs is 2. The minimum atomic E-state index is -4.73. The molecule has 52 heavy (non-hydrogen) atoms. The molecule has 2 saturated heterocycles. The van der Waals surface area contributed by atoms with Crippen molar-refractivity contribution in [2.45, 2.75) is 62.8 Å². The average Bonchev–Trinajstić information content (AvgIpc) is 3.41. The SMILES string of the molecule is CN1CCC(n2c(C(Cc3cc(Cl)c(N)c(C(F)(F)F)c3)NC(=O)ON3CCC(N4CCc5ccccc5NC4=O)CC3)nc3ccccc32)CC1. The van der Waals surface area contributed by atoms with Crippen LogP contribution in [0.1, 0.15) is 60.3 Å². The molecule has 1 atom stereocenters. The third-order valence-corrected chi connectivity index (χ3v) is 10.7. The number of imidazole rings is 1. The Morgan fingerprint density at radius 1 is 1.02 bits per heavy atom. The smallest absolute Gasteiger partial charge is 0.397 e. The second kappa shape index (κ2) is 14.8. The van der Waals surface area contributed by atoms with E-state index in [2.05, 4.69) is 27.1 Å². The van der Waals surface area contributed by atoms with Gasteiger partial charge in [-0.05, 0) is 93.7 Å². The number of carbonyl (C=O) groups excluding carboxylic acids is 2. The molecule has 3 aliphatic heterocycles. The molecule has 0 radical (unpaired) electrons. The van der Waals surface area contributed by atoms with Crippen LogP contribution in [0.15, 0.2) is 60.7 Å². The maximum atomic E-state index is 14.0. The van der Waals surface area contributed by atoms with Crippen molar-refractivity contribution in [2.24, 2.45) is 0 Å². The van der Waals surface area contributed by atoms with Gasteiger partial charge in [0.1, 0.15) is 5.82 Å². The zero-order valence-corrected chi connectivity index (χ0v) is 29.6. The van der Waals surface area contributed by atoms with Crippen LogP contribution in [-0.2, 0) is 23.9 Å². The van der Waals surface area contributed by atoms with Crippen LogP contribution in [0, 0.1) is 0 Å². The number of nitrogens with zero attached hydrogens (tertiary/aromatic N) is 5. The van der Waals surface area contributed by atoms with E-state index in [0.29, 0.717) is 43.8 Å². The van der Waals surface area contributed by atoms with Gasteiger partial charge >= 0.3 is 18.3 Å². The minimum absolute atomic E-state index is 0.0301. The number of alkyl halides is 3. The number of nitrogens with two attached hydrogens (primary N) is 1. The van der Waals surface area contributed by atoms with Gasteiger partial charge < -0.3 is 35.6 Å². The molecule has 4 N–H and O–H groups in total. The van der Waals surface area contributed by atoms with E-state index in [1.807, 2.05) is 53.4 Å². The van der Waals surface area contributed by atoms with Gasteiger partial charge in [0, 0.05) is 43.8 Å². The number of anilines is 2. The first-order valence-corrected chi connectivity index (χ1v) is 18.0. The minimum Gasteiger partial charge on any atom is -0.397 e. The summed E-state index contributed by atoms with van der Waals surface area (Å²) in [6, 6.07) is 16.8. The number of halogens is 4. The first kappa shape index (κ1) is 35.9. The molecule has 3 aliphatic rings. The maximum Gasteiger partial charge on any atom is 0.426 e. The van der Waals surface area contributed by atoms with Crippen molar-refractivity contribution in [3.8, 4) is 0 Å². The fourth-order valence-corrected chi connectivity index (χ4v) is 7.93. The largest absolute Gasteiger partial charge is 0.426 e. The molecular weight excluding hydrogens is 697 g/mol. The summed E-state index contributed by atoms with van der Waals surface area (Å²) in [5.74, 6) is 0.515. The Labute approximate surface area is 304 Å². The summed E-state index contributed by atoms with van der Waals surface area (Å²) in [4.78, 5) is 41.6. The Bertz CT molecular complexity index is 1940. The maximum absolute atomic E-state index is 14.0. The van der Waals surface area contributed by atoms with Crippen molar-refractivity contribution in [3.05, 3.63) is 88.2 Å². The second-order valence-corrected chi connectivity index (χ2v) is 14.3. The zero-order valence-electron chi connectivity index (χ0n) is 28.8. The van der Waals surface area contributed by atoms with Crippen LogP contribution in [0.2, 0.25) is 5.02 Å². The van der Waals surface area contributed by atoms with Crippen LogP contribution in [0.4, 0.5) is 34.1 Å². The van der Waals surface area contributed by atoms with E-state index < -0.39 is 29.6 Å². The van der Waals surface area contributed by atoms with E-state index in [4.69, 9.17) is 27.2 Å². The van der Waals surface area contributed by atoms with Crippen LogP contribution >= 0.6 is 11.6 Å². The molecule has 15 heteroatoms. The van der Waals surface area contributed by atoms with Crippen LogP contribution < -0.4 is 16.4 Å². The van der Waals surface area contributed by atoms with Gasteiger partial charge in [0.05, 0.1) is 33.3 Å². The highest BCUT2D eigenvalue weighted by atomic mass is 35.5. The predicted octanol–water partition coefficient (Wildman–Crippen LogP) is 7.04. The number of carbonyl (C=O) groups is 2. The number of amides is 3. The van der Waals surface area contributed by atoms with Gasteiger partial charge in [-0.25, -0.2) is 14.6 Å². The van der Waals surface area contributed by atoms with Crippen molar-refractivity contribution >= 4 is 46.1 Å².